The van der Waals surface area contributed by atoms with Crippen LogP contribution < -0.4 is 0 Å². The van der Waals surface area contributed by atoms with Gasteiger partial charge in [-0.25, -0.2) is 0 Å². The van der Waals surface area contributed by atoms with Gasteiger partial charge in [0.1, 0.15) is 0 Å². The van der Waals surface area contributed by atoms with Gasteiger partial charge >= 0.3 is 0 Å². The molecule has 0 aromatic heterocycles. The minimum absolute atomic E-state index is 0. The molecule has 2 nitrogen and oxygen atoms in total. The first kappa shape index (κ1) is 37.3. The summed E-state index contributed by atoms with van der Waals surface area (Å²) in [5, 5.41) is 0. The molecular formula is C38H60N2Ni. The summed E-state index contributed by atoms with van der Waals surface area (Å²) in [6, 6.07) is 13.6. The van der Waals surface area contributed by atoms with E-state index >= 15 is 0 Å². The van der Waals surface area contributed by atoms with Crippen LogP contribution in [-0.4, -0.2) is 11.4 Å². The first-order valence-corrected chi connectivity index (χ1v) is 17.0. The van der Waals surface area contributed by atoms with Crippen molar-refractivity contribution in [1.29, 1.82) is 0 Å². The van der Waals surface area contributed by atoms with Crippen molar-refractivity contribution >= 4 is 22.8 Å². The largest absolute Gasteiger partial charge is 0.252 e. The summed E-state index contributed by atoms with van der Waals surface area (Å²) in [7, 11) is 0. The fourth-order valence-electron chi connectivity index (χ4n) is 5.68. The van der Waals surface area contributed by atoms with Gasteiger partial charge in [-0.3, -0.25) is 9.98 Å². The number of hydrogen-bond acceptors (Lipinski definition) is 2. The maximum atomic E-state index is 5.33. The second-order valence-electron chi connectivity index (χ2n) is 11.5. The van der Waals surface area contributed by atoms with Crippen LogP contribution in [0.25, 0.3) is 0 Å². The second kappa shape index (κ2) is 22.8. The molecule has 0 fully saturated rings. The number of aryl methyl sites for hydroxylation is 4. The van der Waals surface area contributed by atoms with Crippen molar-refractivity contribution in [3.8, 4) is 0 Å². The van der Waals surface area contributed by atoms with Gasteiger partial charge in [0.25, 0.3) is 0 Å². The van der Waals surface area contributed by atoms with Crippen molar-refractivity contribution < 1.29 is 16.5 Å². The number of nitrogens with zero attached hydrogens (tertiary/aromatic N) is 2. The quantitative estimate of drug-likeness (QED) is 0.0770. The molecule has 0 spiro atoms. The van der Waals surface area contributed by atoms with E-state index in [-0.39, 0.29) is 16.5 Å². The van der Waals surface area contributed by atoms with Gasteiger partial charge in [-0.2, -0.15) is 0 Å². The van der Waals surface area contributed by atoms with Crippen molar-refractivity contribution in [3.05, 3.63) is 58.7 Å². The van der Waals surface area contributed by atoms with Crippen LogP contribution >= 0.6 is 0 Å². The standard InChI is InChI=1S/C38H60N2.Ni/c1-7-13-15-16-17-18-19-20-21-22-24-38(40-36-28-26-32(10-4)34(12-6)30-36)37(23-14-8-2)39-35-27-25-31(9-3)33(11-5)29-35;/h25-30H,7-24H2,1-6H3;/b39-37+,40-38+;. The molecule has 0 heterocycles. The maximum absolute atomic E-state index is 5.33. The van der Waals surface area contributed by atoms with Crippen LogP contribution in [0.2, 0.25) is 0 Å². The van der Waals surface area contributed by atoms with Crippen molar-refractivity contribution in [3.63, 3.8) is 0 Å². The summed E-state index contributed by atoms with van der Waals surface area (Å²) in [5.41, 5.74) is 10.3. The summed E-state index contributed by atoms with van der Waals surface area (Å²) in [6.45, 7) is 13.6. The van der Waals surface area contributed by atoms with Crippen LogP contribution in [0.15, 0.2) is 46.4 Å². The summed E-state index contributed by atoms with van der Waals surface area (Å²) in [4.78, 5) is 10.6. The molecule has 0 saturated heterocycles. The number of benzene rings is 2. The zero-order valence-corrected chi connectivity index (χ0v) is 28.4. The zero-order chi connectivity index (χ0) is 29.0. The van der Waals surface area contributed by atoms with Gasteiger partial charge in [0.05, 0.1) is 22.8 Å². The molecule has 0 unspecified atom stereocenters. The Kier molecular flexibility index (Phi) is 20.8. The Morgan fingerprint density at radius 2 is 0.805 bits per heavy atom. The average molecular weight is 604 g/mol. The van der Waals surface area contributed by atoms with E-state index in [0.717, 1.165) is 56.3 Å². The van der Waals surface area contributed by atoms with Crippen LogP contribution in [0, 0.1) is 0 Å². The summed E-state index contributed by atoms with van der Waals surface area (Å²) in [6.07, 6.45) is 22.2. The molecule has 0 amide bonds. The second-order valence-corrected chi connectivity index (χ2v) is 11.5. The van der Waals surface area contributed by atoms with Gasteiger partial charge in [0, 0.05) is 16.5 Å². The normalized spacial score (nSPS) is 12.0. The third-order valence-corrected chi connectivity index (χ3v) is 8.30. The van der Waals surface area contributed by atoms with Crippen LogP contribution in [0.3, 0.4) is 0 Å². The molecule has 0 aliphatic carbocycles. The first-order chi connectivity index (χ1) is 19.6. The van der Waals surface area contributed by atoms with Crippen molar-refractivity contribution in [2.75, 3.05) is 0 Å². The number of aliphatic imine (C=N–C) groups is 2. The maximum Gasteiger partial charge on any atom is 0.0636 e. The molecule has 0 N–H and O–H groups in total. The Hall–Kier alpha value is -1.73. The molecule has 0 radical (unpaired) electrons. The topological polar surface area (TPSA) is 24.7 Å². The Morgan fingerprint density at radius 3 is 1.20 bits per heavy atom. The first-order valence-electron chi connectivity index (χ1n) is 17.0. The predicted octanol–water partition coefficient (Wildman–Crippen LogP) is 12.3. The van der Waals surface area contributed by atoms with E-state index in [2.05, 4.69) is 77.9 Å². The molecule has 0 bridgehead atoms. The van der Waals surface area contributed by atoms with Crippen LogP contribution in [0.4, 0.5) is 11.4 Å². The molecule has 0 aliphatic heterocycles. The van der Waals surface area contributed by atoms with Crippen LogP contribution in [0.5, 0.6) is 0 Å². The molecule has 2 aromatic rings. The van der Waals surface area contributed by atoms with Gasteiger partial charge < -0.3 is 0 Å². The van der Waals surface area contributed by atoms with Crippen molar-refractivity contribution in [2.24, 2.45) is 9.98 Å². The number of rotatable bonds is 21. The smallest absolute Gasteiger partial charge is 0.0636 e. The van der Waals surface area contributed by atoms with E-state index in [1.54, 1.807) is 0 Å². The predicted molar refractivity (Wildman–Crippen MR) is 181 cm³/mol. The molecule has 0 saturated carbocycles. The minimum atomic E-state index is 0. The van der Waals surface area contributed by atoms with Crippen LogP contribution in [-0.2, 0) is 42.2 Å². The molecule has 3 heteroatoms. The van der Waals surface area contributed by atoms with Gasteiger partial charge in [-0.1, -0.05) is 118 Å². The molecule has 0 aliphatic rings. The Labute approximate surface area is 264 Å². The zero-order valence-electron chi connectivity index (χ0n) is 27.4. The minimum Gasteiger partial charge on any atom is -0.252 e. The fraction of sp³-hybridized carbons (Fsp3) is 0.632. The van der Waals surface area contributed by atoms with Crippen molar-refractivity contribution in [1.82, 2.24) is 0 Å². The Morgan fingerprint density at radius 1 is 0.439 bits per heavy atom. The summed E-state index contributed by atoms with van der Waals surface area (Å²) in [5.74, 6) is 0. The van der Waals surface area contributed by atoms with E-state index in [1.807, 2.05) is 0 Å². The third-order valence-electron chi connectivity index (χ3n) is 8.30. The average Bonchev–Trinajstić information content (AvgIpc) is 2.99. The van der Waals surface area contributed by atoms with Crippen LogP contribution in [0.1, 0.15) is 154 Å². The van der Waals surface area contributed by atoms with E-state index in [4.69, 9.17) is 9.98 Å². The molecule has 232 valence electrons. The van der Waals surface area contributed by atoms with Gasteiger partial charge in [0.2, 0.25) is 0 Å². The Balaban J connectivity index is 0.00000840. The number of unbranched alkanes of at least 4 members (excludes halogenated alkanes) is 10. The van der Waals surface area contributed by atoms with Crippen molar-refractivity contribution in [2.45, 2.75) is 157 Å². The molecular weight excluding hydrogens is 543 g/mol. The van der Waals surface area contributed by atoms with Gasteiger partial charge in [0.15, 0.2) is 0 Å². The van der Waals surface area contributed by atoms with Gasteiger partial charge in [-0.05, 0) is 97.9 Å². The van der Waals surface area contributed by atoms with Gasteiger partial charge in [-0.15, -0.1) is 0 Å². The SMILES string of the molecule is CCCCCCCCCCCCC(=N\c1ccc(CC)c(CC)c1)/C(CCCC)=N/c1ccc(CC)c(CC)c1.[Ni]. The molecule has 2 aromatic carbocycles. The summed E-state index contributed by atoms with van der Waals surface area (Å²) >= 11 is 0. The van der Waals surface area contributed by atoms with E-state index in [1.165, 1.54) is 104 Å². The third kappa shape index (κ3) is 13.9. The fourth-order valence-corrected chi connectivity index (χ4v) is 5.68. The Bertz CT molecular complexity index is 1040. The number of hydrogen-bond donors (Lipinski definition) is 0. The molecule has 41 heavy (non-hydrogen) atoms. The monoisotopic (exact) mass is 602 g/mol. The van der Waals surface area contributed by atoms with E-state index in [9.17, 15) is 0 Å². The van der Waals surface area contributed by atoms with E-state index < -0.39 is 0 Å². The molecule has 0 atom stereocenters. The molecule has 2 rings (SSSR count). The van der Waals surface area contributed by atoms with E-state index in [0.29, 0.717) is 0 Å². The summed E-state index contributed by atoms with van der Waals surface area (Å²) < 4.78 is 0.